The van der Waals surface area contributed by atoms with E-state index in [1.807, 2.05) is 50.4 Å². The number of carbonyl (C=O) groups is 3. The molecule has 0 atom stereocenters. The Labute approximate surface area is 219 Å². The summed E-state index contributed by atoms with van der Waals surface area (Å²) >= 11 is 3.59. The zero-order chi connectivity index (χ0) is 25.4. The molecule has 186 valence electrons. The molecule has 0 saturated carbocycles. The van der Waals surface area contributed by atoms with E-state index in [1.54, 1.807) is 6.07 Å². The standard InChI is InChI=1S/C29H29BrN2O4/c1-17-7-3-4-8-20(17)31-26(35)16-36-25-14-13-18(15-19(25)30)27-28-21(9-5-11-23(28)33)32(2)22-10-6-12-24(34)29(22)27/h3-4,7-8,13-15,27H,5-6,9-12,16H2,1-2H3,(H,31,35). The Morgan fingerprint density at radius 3 is 2.25 bits per heavy atom. The number of halogens is 1. The van der Waals surface area contributed by atoms with Crippen LogP contribution in [-0.4, -0.2) is 36.0 Å². The molecule has 7 heteroatoms. The molecule has 2 aliphatic carbocycles. The molecular formula is C29H29BrN2O4. The van der Waals surface area contributed by atoms with E-state index in [0.29, 0.717) is 23.1 Å². The van der Waals surface area contributed by atoms with Crippen LogP contribution in [0.2, 0.25) is 0 Å². The molecule has 0 saturated heterocycles. The average molecular weight is 549 g/mol. The van der Waals surface area contributed by atoms with Crippen LogP contribution in [0.4, 0.5) is 5.69 Å². The van der Waals surface area contributed by atoms with Gasteiger partial charge in [-0.25, -0.2) is 0 Å². The quantitative estimate of drug-likeness (QED) is 0.509. The predicted octanol–water partition coefficient (Wildman–Crippen LogP) is 5.82. The molecule has 0 aromatic heterocycles. The zero-order valence-corrected chi connectivity index (χ0v) is 22.1. The molecule has 1 aliphatic heterocycles. The van der Waals surface area contributed by atoms with Gasteiger partial charge in [0.15, 0.2) is 18.2 Å². The largest absolute Gasteiger partial charge is 0.483 e. The van der Waals surface area contributed by atoms with Crippen molar-refractivity contribution in [2.24, 2.45) is 0 Å². The second kappa shape index (κ2) is 10.1. The summed E-state index contributed by atoms with van der Waals surface area (Å²) in [5.41, 5.74) is 6.24. The van der Waals surface area contributed by atoms with Crippen LogP contribution in [0.15, 0.2) is 69.5 Å². The van der Waals surface area contributed by atoms with Crippen molar-refractivity contribution < 1.29 is 19.1 Å². The van der Waals surface area contributed by atoms with Crippen molar-refractivity contribution in [3.63, 3.8) is 0 Å². The van der Waals surface area contributed by atoms with Gasteiger partial charge >= 0.3 is 0 Å². The number of nitrogens with one attached hydrogen (secondary N) is 1. The number of ether oxygens (including phenoxy) is 1. The molecule has 6 nitrogen and oxygen atoms in total. The van der Waals surface area contributed by atoms with Gasteiger partial charge in [-0.3, -0.25) is 14.4 Å². The molecule has 1 heterocycles. The highest BCUT2D eigenvalue weighted by Crippen LogP contribution is 2.49. The Balaban J connectivity index is 1.41. The Kier molecular flexibility index (Phi) is 6.84. The van der Waals surface area contributed by atoms with E-state index >= 15 is 0 Å². The van der Waals surface area contributed by atoms with E-state index in [1.165, 1.54) is 0 Å². The van der Waals surface area contributed by atoms with Gasteiger partial charge in [0.1, 0.15) is 5.75 Å². The molecule has 36 heavy (non-hydrogen) atoms. The van der Waals surface area contributed by atoms with Crippen LogP contribution in [-0.2, 0) is 14.4 Å². The molecule has 0 spiro atoms. The van der Waals surface area contributed by atoms with E-state index in [-0.39, 0.29) is 30.0 Å². The number of allylic oxidation sites excluding steroid dienone is 4. The third kappa shape index (κ3) is 4.52. The maximum absolute atomic E-state index is 13.1. The van der Waals surface area contributed by atoms with Crippen molar-refractivity contribution in [3.05, 3.63) is 80.6 Å². The van der Waals surface area contributed by atoms with Crippen LogP contribution >= 0.6 is 15.9 Å². The summed E-state index contributed by atoms with van der Waals surface area (Å²) in [6.07, 6.45) is 4.39. The molecule has 2 aromatic rings. The van der Waals surface area contributed by atoms with Gasteiger partial charge in [0, 0.05) is 54.0 Å². The summed E-state index contributed by atoms with van der Waals surface area (Å²) < 4.78 is 6.48. The van der Waals surface area contributed by atoms with Crippen molar-refractivity contribution in [2.45, 2.75) is 51.4 Å². The Hall–Kier alpha value is -3.19. The highest BCUT2D eigenvalue weighted by molar-refractivity contribution is 9.10. The van der Waals surface area contributed by atoms with Crippen LogP contribution in [0.3, 0.4) is 0 Å². The number of hydrogen-bond acceptors (Lipinski definition) is 5. The van der Waals surface area contributed by atoms with E-state index in [4.69, 9.17) is 4.74 Å². The number of para-hydroxylation sites is 1. The SMILES string of the molecule is Cc1ccccc1NC(=O)COc1ccc(C2C3=C(CCCC3=O)N(C)C3=C2C(=O)CCC3)cc1Br. The minimum absolute atomic E-state index is 0.127. The molecule has 0 bridgehead atoms. The van der Waals surface area contributed by atoms with Crippen molar-refractivity contribution in [2.75, 3.05) is 19.0 Å². The molecule has 1 N–H and O–H groups in total. The van der Waals surface area contributed by atoms with Gasteiger partial charge in [-0.1, -0.05) is 24.3 Å². The van der Waals surface area contributed by atoms with Gasteiger partial charge in [-0.15, -0.1) is 0 Å². The Bertz CT molecular complexity index is 1280. The van der Waals surface area contributed by atoms with Crippen LogP contribution in [0.25, 0.3) is 0 Å². The lowest BCUT2D eigenvalue weighted by Gasteiger charge is -2.42. The van der Waals surface area contributed by atoms with Crippen LogP contribution in [0.5, 0.6) is 5.75 Å². The summed E-state index contributed by atoms with van der Waals surface area (Å²) in [5.74, 6) is 0.173. The molecule has 0 unspecified atom stereocenters. The summed E-state index contributed by atoms with van der Waals surface area (Å²) in [6, 6.07) is 13.2. The van der Waals surface area contributed by atoms with Crippen LogP contribution < -0.4 is 10.1 Å². The average Bonchev–Trinajstić information content (AvgIpc) is 2.86. The third-order valence-electron chi connectivity index (χ3n) is 7.31. The van der Waals surface area contributed by atoms with E-state index in [0.717, 1.165) is 65.0 Å². The smallest absolute Gasteiger partial charge is 0.262 e. The fourth-order valence-electron chi connectivity index (χ4n) is 5.54. The van der Waals surface area contributed by atoms with E-state index < -0.39 is 0 Å². The Morgan fingerprint density at radius 2 is 1.64 bits per heavy atom. The van der Waals surface area contributed by atoms with Gasteiger partial charge in [0.25, 0.3) is 5.91 Å². The maximum Gasteiger partial charge on any atom is 0.262 e. The molecule has 3 aliphatic rings. The number of anilines is 1. The third-order valence-corrected chi connectivity index (χ3v) is 7.93. The number of benzene rings is 2. The second-order valence-electron chi connectivity index (χ2n) is 9.61. The highest BCUT2D eigenvalue weighted by atomic mass is 79.9. The van der Waals surface area contributed by atoms with Crippen molar-refractivity contribution in [1.82, 2.24) is 4.90 Å². The minimum atomic E-state index is -0.360. The van der Waals surface area contributed by atoms with Gasteiger partial charge in [0.2, 0.25) is 0 Å². The van der Waals surface area contributed by atoms with Gasteiger partial charge in [0.05, 0.1) is 4.47 Å². The molecular weight excluding hydrogens is 520 g/mol. The lowest BCUT2D eigenvalue weighted by molar-refractivity contribution is -0.118. The number of ketones is 2. The van der Waals surface area contributed by atoms with Crippen molar-refractivity contribution >= 4 is 39.1 Å². The number of Topliss-reactive ketones (excluding diaryl/α,β-unsaturated/α-hetero) is 2. The fourth-order valence-corrected chi connectivity index (χ4v) is 6.05. The Morgan fingerprint density at radius 1 is 1.00 bits per heavy atom. The van der Waals surface area contributed by atoms with Crippen LogP contribution in [0, 0.1) is 6.92 Å². The maximum atomic E-state index is 13.1. The minimum Gasteiger partial charge on any atom is -0.483 e. The van der Waals surface area contributed by atoms with E-state index in [9.17, 15) is 14.4 Å². The van der Waals surface area contributed by atoms with Gasteiger partial charge < -0.3 is 15.0 Å². The monoisotopic (exact) mass is 548 g/mol. The van der Waals surface area contributed by atoms with Gasteiger partial charge in [-0.2, -0.15) is 0 Å². The number of rotatable bonds is 5. The summed E-state index contributed by atoms with van der Waals surface area (Å²) in [5, 5.41) is 2.87. The molecule has 0 fully saturated rings. The zero-order valence-electron chi connectivity index (χ0n) is 20.5. The lowest BCUT2D eigenvalue weighted by atomic mass is 9.71. The number of carbonyl (C=O) groups excluding carboxylic acids is 3. The predicted molar refractivity (Wildman–Crippen MR) is 142 cm³/mol. The number of nitrogens with zero attached hydrogens (tertiary/aromatic N) is 1. The molecule has 2 aromatic carbocycles. The lowest BCUT2D eigenvalue weighted by Crippen LogP contribution is -2.37. The first-order valence-electron chi connectivity index (χ1n) is 12.4. The van der Waals surface area contributed by atoms with Crippen LogP contribution in [0.1, 0.15) is 55.6 Å². The normalized spacial score (nSPS) is 18.2. The highest BCUT2D eigenvalue weighted by Gasteiger charge is 2.42. The summed E-state index contributed by atoms with van der Waals surface area (Å²) in [6.45, 7) is 1.80. The topological polar surface area (TPSA) is 75.7 Å². The van der Waals surface area contributed by atoms with Gasteiger partial charge in [-0.05, 0) is 77.9 Å². The molecule has 0 radical (unpaired) electrons. The first kappa shape index (κ1) is 24.5. The number of amides is 1. The molecule has 1 amide bonds. The molecule has 5 rings (SSSR count). The summed E-state index contributed by atoms with van der Waals surface area (Å²) in [4.78, 5) is 40.8. The summed E-state index contributed by atoms with van der Waals surface area (Å²) in [7, 11) is 1.99. The van der Waals surface area contributed by atoms with Crippen molar-refractivity contribution in [1.29, 1.82) is 0 Å². The van der Waals surface area contributed by atoms with E-state index in [2.05, 4.69) is 26.1 Å². The number of hydrogen-bond donors (Lipinski definition) is 1. The second-order valence-corrected chi connectivity index (χ2v) is 10.5. The number of aryl methyl sites for hydroxylation is 1. The fraction of sp³-hybridized carbons (Fsp3) is 0.345. The first-order valence-corrected chi connectivity index (χ1v) is 13.2. The first-order chi connectivity index (χ1) is 17.3. The van der Waals surface area contributed by atoms with Crippen molar-refractivity contribution in [3.8, 4) is 5.75 Å².